The van der Waals surface area contributed by atoms with Crippen LogP contribution in [-0.4, -0.2) is 0 Å². The lowest BCUT2D eigenvalue weighted by molar-refractivity contribution is 1.46. The first kappa shape index (κ1) is 4.64. The van der Waals surface area contributed by atoms with Crippen molar-refractivity contribution in [2.75, 3.05) is 0 Å². The smallest absolute Gasteiger partial charge is 0.115 e. The third-order valence-electron chi connectivity index (χ3n) is 1.16. The van der Waals surface area contributed by atoms with Gasteiger partial charge in [0.15, 0.2) is 0 Å². The van der Waals surface area contributed by atoms with Crippen molar-refractivity contribution in [1.82, 2.24) is 0 Å². The number of aryl methyl sites for hydroxylation is 1. The van der Waals surface area contributed by atoms with Gasteiger partial charge in [0.25, 0.3) is 0 Å². The van der Waals surface area contributed by atoms with Gasteiger partial charge in [0.2, 0.25) is 0 Å². The van der Waals surface area contributed by atoms with Crippen LogP contribution >= 0.6 is 0 Å². The second-order valence-corrected chi connectivity index (χ2v) is 1.99. The monoisotopic (exact) mass is 118 g/mol. The first-order valence-electron chi connectivity index (χ1n) is 3.32. The fourth-order valence-electron chi connectivity index (χ4n) is 0.723. The zero-order valence-corrected chi connectivity index (χ0v) is 5.31. The molecule has 1 aromatic rings. The molecule has 0 heteroatoms. The number of terminal acetylenes is 1. The molecule has 0 radical (unpaired) electrons. The fraction of sp³-hybridized carbons (Fsp3) is 0.111. The average Bonchev–Trinajstić information content (AvgIpc) is 1.88. The third kappa shape index (κ3) is 1.33. The van der Waals surface area contributed by atoms with Crippen molar-refractivity contribution in [1.29, 1.82) is 0 Å². The van der Waals surface area contributed by atoms with Gasteiger partial charge in [-0.15, -0.1) is 6.40 Å². The molecule has 1 rings (SSSR count). The van der Waals surface area contributed by atoms with Crippen molar-refractivity contribution in [2.45, 2.75) is 6.92 Å². The Morgan fingerprint density at radius 1 is 1.67 bits per heavy atom. The highest BCUT2D eigenvalue weighted by atomic mass is 13.9. The van der Waals surface area contributed by atoms with Gasteiger partial charge in [-0.3, -0.25) is 0 Å². The van der Waals surface area contributed by atoms with E-state index in [2.05, 4.69) is 12.3 Å². The molecule has 0 saturated carbocycles. The molecule has 0 aromatic heterocycles. The predicted octanol–water partition coefficient (Wildman–Crippen LogP) is 1.98. The van der Waals surface area contributed by atoms with Crippen LogP contribution in [0.25, 0.3) is 0 Å². The van der Waals surface area contributed by atoms with Crippen LogP contribution in [0.4, 0.5) is 0 Å². The highest BCUT2D eigenvalue weighted by Gasteiger charge is 1.83. The van der Waals surface area contributed by atoms with Gasteiger partial charge >= 0.3 is 0 Å². The van der Waals surface area contributed by atoms with Crippen molar-refractivity contribution in [3.8, 4) is 12.3 Å². The van der Waals surface area contributed by atoms with Crippen molar-refractivity contribution in [2.24, 2.45) is 0 Å². The topological polar surface area (TPSA) is 0 Å². The molecule has 0 nitrogen and oxygen atoms in total. The Hall–Kier alpha value is -1.22. The molecule has 0 unspecified atom stereocenters. The maximum atomic E-state index is 6.65. The molecule has 0 amide bonds. The molecule has 0 aliphatic carbocycles. The van der Waals surface area contributed by atoms with Crippen molar-refractivity contribution >= 4 is 0 Å². The van der Waals surface area contributed by atoms with Crippen molar-refractivity contribution in [3.05, 3.63) is 35.4 Å². The van der Waals surface area contributed by atoms with E-state index in [9.17, 15) is 0 Å². The van der Waals surface area contributed by atoms with Gasteiger partial charge in [-0.05, 0) is 24.6 Å². The number of hydrogen-bond acceptors (Lipinski definition) is 0. The Morgan fingerprint density at radius 2 is 2.56 bits per heavy atom. The summed E-state index contributed by atoms with van der Waals surface area (Å²) in [5.74, 6) is 2.66. The molecule has 0 saturated heterocycles. The largest absolute Gasteiger partial charge is 0.124 e. The summed E-state index contributed by atoms with van der Waals surface area (Å²) in [4.78, 5) is 0. The van der Waals surface area contributed by atoms with Gasteiger partial charge in [0.05, 0.1) is 0 Å². The van der Waals surface area contributed by atoms with Crippen LogP contribution in [0.15, 0.2) is 24.3 Å². The number of benzene rings is 1. The molecule has 0 heterocycles. The van der Waals surface area contributed by atoms with E-state index in [0.717, 1.165) is 5.56 Å². The molecule has 0 aliphatic rings. The van der Waals surface area contributed by atoms with Crippen LogP contribution in [0.3, 0.4) is 0 Å². The van der Waals surface area contributed by atoms with Crippen LogP contribution in [0.2, 0.25) is 0 Å². The summed E-state index contributed by atoms with van der Waals surface area (Å²) in [6, 6.07) is 7.81. The second kappa shape index (κ2) is 2.37. The fourth-order valence-corrected chi connectivity index (χ4v) is 0.723. The van der Waals surface area contributed by atoms with E-state index in [1.54, 1.807) is 0 Å². The molecule has 0 aliphatic heterocycles. The molecular formula is C9H8. The first-order chi connectivity index (χ1) is 4.83. The van der Waals surface area contributed by atoms with Crippen LogP contribution in [0.1, 0.15) is 12.5 Å². The van der Waals surface area contributed by atoms with E-state index < -0.39 is 0 Å². The van der Waals surface area contributed by atoms with Gasteiger partial charge in [0.1, 0.15) is 1.37 Å². The summed E-state index contributed by atoms with van der Waals surface area (Å²) in [7, 11) is 0. The molecule has 9 heavy (non-hydrogen) atoms. The Morgan fingerprint density at radius 3 is 3.22 bits per heavy atom. The lowest BCUT2D eigenvalue weighted by Gasteiger charge is -1.90. The van der Waals surface area contributed by atoms with Crippen LogP contribution in [-0.2, 0) is 0 Å². The maximum absolute atomic E-state index is 6.65. The Labute approximate surface area is 56.9 Å². The third-order valence-corrected chi connectivity index (χ3v) is 1.16. The van der Waals surface area contributed by atoms with Gasteiger partial charge in [-0.2, -0.15) is 0 Å². The molecule has 0 spiro atoms. The molecule has 0 atom stereocenters. The minimum Gasteiger partial charge on any atom is -0.115 e. The SMILES string of the molecule is [3H]C#Cc1cccc(C)c1. The van der Waals surface area contributed by atoms with E-state index in [4.69, 9.17) is 1.37 Å². The van der Waals surface area contributed by atoms with E-state index in [1.165, 1.54) is 5.56 Å². The minimum atomic E-state index is 0.912. The average molecular weight is 118 g/mol. The summed E-state index contributed by atoms with van der Waals surface area (Å²) >= 11 is 0. The summed E-state index contributed by atoms with van der Waals surface area (Å²) in [5, 5.41) is 0. The summed E-state index contributed by atoms with van der Waals surface area (Å²) < 4.78 is 6.65. The van der Waals surface area contributed by atoms with E-state index in [0.29, 0.717) is 0 Å². The molecular weight excluding hydrogens is 108 g/mol. The van der Waals surface area contributed by atoms with Crippen molar-refractivity contribution in [3.63, 3.8) is 0 Å². The standard InChI is InChI=1S/C9H8/c1-3-9-6-4-5-8(2)7-9/h1,4-7H,2H3/i1T. The lowest BCUT2D eigenvalue weighted by Crippen LogP contribution is -1.73. The van der Waals surface area contributed by atoms with Crippen LogP contribution in [0.5, 0.6) is 0 Å². The number of rotatable bonds is 0. The summed E-state index contributed by atoms with van der Waals surface area (Å²) in [5.41, 5.74) is 2.09. The van der Waals surface area contributed by atoms with Gasteiger partial charge < -0.3 is 0 Å². The number of hydrogen-bond donors (Lipinski definition) is 0. The molecule has 44 valence electrons. The summed E-state index contributed by atoms with van der Waals surface area (Å²) in [6.45, 7) is 2.01. The molecule has 0 fully saturated rings. The van der Waals surface area contributed by atoms with Gasteiger partial charge in [-0.25, -0.2) is 0 Å². The Bertz CT molecular complexity index is 278. The predicted molar refractivity (Wildman–Crippen MR) is 39.1 cm³/mol. The highest BCUT2D eigenvalue weighted by molar-refractivity contribution is 5.34. The first-order valence-corrected chi connectivity index (χ1v) is 2.82. The van der Waals surface area contributed by atoms with Crippen LogP contribution in [0, 0.1) is 19.2 Å². The molecule has 0 bridgehead atoms. The zero-order valence-electron chi connectivity index (χ0n) is 6.31. The maximum Gasteiger partial charge on any atom is 0.124 e. The van der Waals surface area contributed by atoms with E-state index in [-0.39, 0.29) is 0 Å². The highest BCUT2D eigenvalue weighted by Crippen LogP contribution is 2.00. The van der Waals surface area contributed by atoms with E-state index >= 15 is 0 Å². The quantitative estimate of drug-likeness (QED) is 0.457. The molecule has 0 N–H and O–H groups in total. The summed E-state index contributed by atoms with van der Waals surface area (Å²) in [6.07, 6.45) is 2.11. The molecule has 1 aromatic carbocycles. The van der Waals surface area contributed by atoms with Gasteiger partial charge in [-0.1, -0.05) is 18.1 Å². The zero-order chi connectivity index (χ0) is 7.40. The Balaban J connectivity index is 3.03. The van der Waals surface area contributed by atoms with Crippen LogP contribution < -0.4 is 0 Å². The normalized spacial score (nSPS) is 9.22. The van der Waals surface area contributed by atoms with E-state index in [1.807, 2.05) is 31.2 Å². The second-order valence-electron chi connectivity index (χ2n) is 1.99. The minimum absolute atomic E-state index is 0.912. The Kier molecular flexibility index (Phi) is 1.22. The van der Waals surface area contributed by atoms with Gasteiger partial charge in [0, 0.05) is 5.56 Å². The van der Waals surface area contributed by atoms with Crippen molar-refractivity contribution < 1.29 is 1.37 Å². The lowest BCUT2D eigenvalue weighted by atomic mass is 10.1.